The van der Waals surface area contributed by atoms with Gasteiger partial charge in [0.25, 0.3) is 0 Å². The molecular formula is C24H22NSb. The van der Waals surface area contributed by atoms with E-state index in [0.29, 0.717) is 0 Å². The second kappa shape index (κ2) is 6.29. The van der Waals surface area contributed by atoms with Crippen LogP contribution in [-0.4, -0.2) is 20.2 Å². The standard InChI is InChI=1S/C18H17N.C6H5.Sb/c1-13-6-7-15(12-17(13)18(2,3)4)14-8-10-16(19-5)11-9-14;1-2-4-6-5-3-1;/h6-8,10-11H,1-4H3;1-5H;. The Balaban J connectivity index is 2.10. The summed E-state index contributed by atoms with van der Waals surface area (Å²) in [5, 5.41) is 0. The van der Waals surface area contributed by atoms with Crippen molar-refractivity contribution in [2.24, 2.45) is 0 Å². The summed E-state index contributed by atoms with van der Waals surface area (Å²) in [6.45, 7) is 16.7. The number of aryl methyl sites for hydroxylation is 1. The Hall–Kier alpha value is -2.03. The number of hydrogen-bond donors (Lipinski definition) is 0. The molecule has 0 amide bonds. The average Bonchev–Trinajstić information content (AvgIpc) is 2.94. The zero-order valence-corrected chi connectivity index (χ0v) is 18.2. The van der Waals surface area contributed by atoms with Crippen LogP contribution < -0.4 is 10.5 Å². The summed E-state index contributed by atoms with van der Waals surface area (Å²) >= 11 is -2.16. The van der Waals surface area contributed by atoms with Gasteiger partial charge in [-0.3, -0.25) is 0 Å². The Morgan fingerprint density at radius 2 is 1.58 bits per heavy atom. The summed E-state index contributed by atoms with van der Waals surface area (Å²) < 4.78 is 4.52. The topological polar surface area (TPSA) is 4.36 Å². The van der Waals surface area contributed by atoms with Crippen molar-refractivity contribution < 1.29 is 0 Å². The first-order valence-corrected chi connectivity index (χ1v) is 12.8. The van der Waals surface area contributed by atoms with Crippen LogP contribution in [0.25, 0.3) is 16.0 Å². The van der Waals surface area contributed by atoms with Gasteiger partial charge in [0, 0.05) is 0 Å². The maximum absolute atomic E-state index is 7.46. The number of hydrogen-bond acceptors (Lipinski definition) is 0. The van der Waals surface area contributed by atoms with Crippen LogP contribution in [-0.2, 0) is 5.41 Å². The third-order valence-corrected chi connectivity index (χ3v) is 12.4. The molecule has 0 unspecified atom stereocenters. The molecule has 0 atom stereocenters. The second-order valence-corrected chi connectivity index (χ2v) is 13.9. The predicted molar refractivity (Wildman–Crippen MR) is 113 cm³/mol. The average molecular weight is 446 g/mol. The van der Waals surface area contributed by atoms with Crippen LogP contribution in [0.3, 0.4) is 0 Å². The molecule has 0 bridgehead atoms. The van der Waals surface area contributed by atoms with Crippen molar-refractivity contribution >= 4 is 36.4 Å². The van der Waals surface area contributed by atoms with Gasteiger partial charge in [-0.25, -0.2) is 0 Å². The first-order chi connectivity index (χ1) is 12.4. The minimum atomic E-state index is -2.16. The number of benzene rings is 3. The molecule has 2 heteroatoms. The summed E-state index contributed by atoms with van der Waals surface area (Å²) in [7, 11) is 0. The Bertz CT molecular complexity index is 1040. The van der Waals surface area contributed by atoms with Gasteiger partial charge in [0.1, 0.15) is 0 Å². The van der Waals surface area contributed by atoms with E-state index >= 15 is 0 Å². The number of rotatable bonds is 1. The zero-order chi connectivity index (χ0) is 18.5. The van der Waals surface area contributed by atoms with Crippen molar-refractivity contribution in [3.05, 3.63) is 83.2 Å². The van der Waals surface area contributed by atoms with E-state index in [1.807, 2.05) is 6.07 Å². The Kier molecular flexibility index (Phi) is 4.21. The Morgan fingerprint density at radius 3 is 2.23 bits per heavy atom. The quantitative estimate of drug-likeness (QED) is 0.303. The molecule has 0 saturated carbocycles. The SMILES string of the molecule is [C-]#[N+]c1ccc2[c](c1)[Sb]([c]1ccccc1)[c]1c-2ccc(C)c1C(C)(C)C. The molecule has 0 saturated heterocycles. The van der Waals surface area contributed by atoms with Gasteiger partial charge < -0.3 is 0 Å². The van der Waals surface area contributed by atoms with Crippen LogP contribution in [0.5, 0.6) is 0 Å². The third kappa shape index (κ3) is 2.69. The summed E-state index contributed by atoms with van der Waals surface area (Å²) in [4.78, 5) is 3.71. The fourth-order valence-corrected chi connectivity index (χ4v) is 12.9. The van der Waals surface area contributed by atoms with Gasteiger partial charge >= 0.3 is 164 Å². The van der Waals surface area contributed by atoms with E-state index in [0.717, 1.165) is 5.69 Å². The van der Waals surface area contributed by atoms with E-state index in [9.17, 15) is 0 Å². The zero-order valence-electron chi connectivity index (χ0n) is 15.7. The van der Waals surface area contributed by atoms with Crippen molar-refractivity contribution in [1.29, 1.82) is 0 Å². The van der Waals surface area contributed by atoms with E-state index in [1.165, 1.54) is 29.3 Å². The van der Waals surface area contributed by atoms with Crippen LogP contribution in [0.4, 0.5) is 5.69 Å². The minimum absolute atomic E-state index is 0.108. The molecule has 0 N–H and O–H groups in total. The maximum atomic E-state index is 7.46. The van der Waals surface area contributed by atoms with Crippen molar-refractivity contribution in [3.8, 4) is 11.1 Å². The van der Waals surface area contributed by atoms with E-state index in [2.05, 4.69) is 87.1 Å². The molecule has 3 aromatic carbocycles. The van der Waals surface area contributed by atoms with Crippen LogP contribution in [0.2, 0.25) is 0 Å². The summed E-state index contributed by atoms with van der Waals surface area (Å²) in [5.74, 6) is 0. The Morgan fingerprint density at radius 1 is 0.885 bits per heavy atom. The van der Waals surface area contributed by atoms with E-state index in [1.54, 1.807) is 3.51 Å². The van der Waals surface area contributed by atoms with Gasteiger partial charge in [-0.05, 0) is 0 Å². The molecule has 1 aliphatic rings. The molecule has 0 spiro atoms. The van der Waals surface area contributed by atoms with Gasteiger partial charge in [0.2, 0.25) is 0 Å². The van der Waals surface area contributed by atoms with E-state index < -0.39 is 20.2 Å². The predicted octanol–water partition coefficient (Wildman–Crippen LogP) is 4.34. The van der Waals surface area contributed by atoms with Gasteiger partial charge in [0.05, 0.1) is 0 Å². The summed E-state index contributed by atoms with van der Waals surface area (Å²) in [6, 6.07) is 21.9. The molecule has 0 aromatic heterocycles. The number of nitrogens with zero attached hydrogens (tertiary/aromatic N) is 1. The monoisotopic (exact) mass is 445 g/mol. The van der Waals surface area contributed by atoms with Gasteiger partial charge in [-0.15, -0.1) is 0 Å². The van der Waals surface area contributed by atoms with Crippen LogP contribution >= 0.6 is 0 Å². The summed E-state index contributed by atoms with van der Waals surface area (Å²) in [6.07, 6.45) is 0. The van der Waals surface area contributed by atoms with E-state index in [-0.39, 0.29) is 5.41 Å². The van der Waals surface area contributed by atoms with Crippen LogP contribution in [0.15, 0.2) is 60.7 Å². The van der Waals surface area contributed by atoms with Crippen molar-refractivity contribution in [2.75, 3.05) is 0 Å². The molecule has 0 fully saturated rings. The first kappa shape index (κ1) is 17.4. The van der Waals surface area contributed by atoms with Crippen LogP contribution in [0, 0.1) is 13.5 Å². The van der Waals surface area contributed by atoms with Gasteiger partial charge in [-0.1, -0.05) is 0 Å². The Labute approximate surface area is 163 Å². The normalized spacial score (nSPS) is 13.2. The molecule has 1 nitrogen and oxygen atoms in total. The first-order valence-electron chi connectivity index (χ1n) is 8.93. The van der Waals surface area contributed by atoms with E-state index in [4.69, 9.17) is 6.57 Å². The van der Waals surface area contributed by atoms with Crippen molar-refractivity contribution in [3.63, 3.8) is 0 Å². The molecule has 128 valence electrons. The molecule has 1 aliphatic heterocycles. The molecule has 1 heterocycles. The van der Waals surface area contributed by atoms with Gasteiger partial charge in [-0.2, -0.15) is 0 Å². The molecule has 3 aromatic rings. The van der Waals surface area contributed by atoms with Crippen molar-refractivity contribution in [1.82, 2.24) is 0 Å². The molecule has 4 rings (SSSR count). The molecule has 26 heavy (non-hydrogen) atoms. The fourth-order valence-electron chi connectivity index (χ4n) is 4.06. The third-order valence-electron chi connectivity index (χ3n) is 5.02. The number of fused-ring (bicyclic) bond motifs is 3. The van der Waals surface area contributed by atoms with Gasteiger partial charge in [0.15, 0.2) is 0 Å². The summed E-state index contributed by atoms with van der Waals surface area (Å²) in [5.41, 5.74) is 6.53. The fraction of sp³-hybridized carbons (Fsp3) is 0.208. The second-order valence-electron chi connectivity index (χ2n) is 7.89. The van der Waals surface area contributed by atoms with Crippen molar-refractivity contribution in [2.45, 2.75) is 33.1 Å². The molecule has 0 radical (unpaired) electrons. The van der Waals surface area contributed by atoms with Crippen LogP contribution in [0.1, 0.15) is 31.9 Å². The molecular weight excluding hydrogens is 424 g/mol. The molecule has 0 aliphatic carbocycles.